The fourth-order valence-electron chi connectivity index (χ4n) is 3.97. The minimum Gasteiger partial charge on any atom is -0.446 e. The molecule has 8 nitrogen and oxygen atoms in total. The molecule has 4 rings (SSSR count). The summed E-state index contributed by atoms with van der Waals surface area (Å²) in [5.41, 5.74) is 9.05. The van der Waals surface area contributed by atoms with Crippen molar-refractivity contribution in [3.63, 3.8) is 0 Å². The van der Waals surface area contributed by atoms with Crippen molar-refractivity contribution in [2.45, 2.75) is 25.9 Å². The molecule has 0 fully saturated rings. The number of thiophene rings is 1. The van der Waals surface area contributed by atoms with Crippen molar-refractivity contribution in [3.05, 3.63) is 45.8 Å². The molecule has 0 saturated heterocycles. The Morgan fingerprint density at radius 3 is 2.80 bits per heavy atom. The van der Waals surface area contributed by atoms with Crippen LogP contribution in [0.15, 0.2) is 29.4 Å². The number of amides is 1. The Morgan fingerprint density at radius 1 is 1.40 bits per heavy atom. The summed E-state index contributed by atoms with van der Waals surface area (Å²) in [6.45, 7) is 2.71. The second kappa shape index (κ2) is 8.15. The SMILES string of the molecule is CCOP(=O)(O)Cc1ccc(Oc2sc(C(N)=O)c3c2C2=NN(C)CC2CC3)cc1. The zero-order valence-electron chi connectivity index (χ0n) is 16.8. The van der Waals surface area contributed by atoms with Gasteiger partial charge in [-0.3, -0.25) is 14.4 Å². The van der Waals surface area contributed by atoms with E-state index in [1.807, 2.05) is 12.1 Å². The number of hydrogen-bond donors (Lipinski definition) is 2. The predicted molar refractivity (Wildman–Crippen MR) is 115 cm³/mol. The molecule has 0 spiro atoms. The summed E-state index contributed by atoms with van der Waals surface area (Å²) in [6, 6.07) is 6.94. The summed E-state index contributed by atoms with van der Waals surface area (Å²) < 4.78 is 23.0. The zero-order chi connectivity index (χ0) is 21.5. The smallest absolute Gasteiger partial charge is 0.332 e. The number of nitrogens with two attached hydrogens (primary N) is 1. The van der Waals surface area contributed by atoms with Crippen LogP contribution >= 0.6 is 18.9 Å². The van der Waals surface area contributed by atoms with Crippen molar-refractivity contribution >= 4 is 30.6 Å². The highest BCUT2D eigenvalue weighted by atomic mass is 32.1. The van der Waals surface area contributed by atoms with E-state index in [-0.39, 0.29) is 12.8 Å². The molecule has 30 heavy (non-hydrogen) atoms. The van der Waals surface area contributed by atoms with E-state index in [0.717, 1.165) is 36.2 Å². The molecule has 1 aliphatic heterocycles. The van der Waals surface area contributed by atoms with Gasteiger partial charge in [0.15, 0.2) is 5.06 Å². The molecule has 2 aromatic rings. The van der Waals surface area contributed by atoms with Crippen LogP contribution < -0.4 is 10.5 Å². The Kier molecular flexibility index (Phi) is 5.72. The maximum Gasteiger partial charge on any atom is 0.332 e. The van der Waals surface area contributed by atoms with Crippen LogP contribution in [0, 0.1) is 5.92 Å². The Balaban J connectivity index is 1.62. The lowest BCUT2D eigenvalue weighted by atomic mass is 9.83. The average Bonchev–Trinajstić information content (AvgIpc) is 3.22. The number of hydrogen-bond acceptors (Lipinski definition) is 7. The lowest BCUT2D eigenvalue weighted by Crippen LogP contribution is -2.24. The lowest BCUT2D eigenvalue weighted by molar-refractivity contribution is 0.100. The van der Waals surface area contributed by atoms with E-state index in [0.29, 0.717) is 27.2 Å². The number of carbonyl (C=O) groups excluding carboxylic acids is 1. The Hall–Kier alpha value is -2.19. The summed E-state index contributed by atoms with van der Waals surface area (Å²) in [6.07, 6.45) is 1.64. The van der Waals surface area contributed by atoms with Gasteiger partial charge in [0.25, 0.3) is 5.91 Å². The minimum absolute atomic E-state index is 0.0633. The van der Waals surface area contributed by atoms with Gasteiger partial charge in [-0.05, 0) is 43.0 Å². The van der Waals surface area contributed by atoms with Crippen molar-refractivity contribution < 1.29 is 23.5 Å². The molecule has 2 atom stereocenters. The van der Waals surface area contributed by atoms with E-state index in [1.54, 1.807) is 31.2 Å². The number of fused-ring (bicyclic) bond motifs is 3. The molecule has 2 unspecified atom stereocenters. The van der Waals surface area contributed by atoms with Crippen molar-refractivity contribution in [1.29, 1.82) is 0 Å². The second-order valence-corrected chi connectivity index (χ2v) is 10.3. The second-order valence-electron chi connectivity index (χ2n) is 7.46. The molecule has 2 heterocycles. The molecule has 10 heteroatoms. The van der Waals surface area contributed by atoms with Gasteiger partial charge in [-0.15, -0.1) is 0 Å². The molecule has 1 aromatic heterocycles. The normalized spacial score (nSPS) is 19.6. The van der Waals surface area contributed by atoms with Gasteiger partial charge in [0.1, 0.15) is 5.75 Å². The standard InChI is InChI=1S/C20H24N3O5PS/c1-3-27-29(25,26)11-12-4-7-14(8-5-12)28-20-16-15(18(30-20)19(21)24)9-6-13-10-23(2)22-17(13)16/h4-5,7-8,13H,3,6,9-11H2,1-2H3,(H2,21,24)(H,25,26). The van der Waals surface area contributed by atoms with Crippen LogP contribution in [0.5, 0.6) is 10.8 Å². The van der Waals surface area contributed by atoms with Crippen molar-refractivity contribution in [3.8, 4) is 10.8 Å². The third kappa shape index (κ3) is 4.16. The maximum atomic E-state index is 12.0. The maximum absolute atomic E-state index is 12.0. The van der Waals surface area contributed by atoms with E-state index in [2.05, 4.69) is 5.10 Å². The first-order chi connectivity index (χ1) is 14.3. The fourth-order valence-corrected chi connectivity index (χ4v) is 6.22. The van der Waals surface area contributed by atoms with Gasteiger partial charge >= 0.3 is 7.60 Å². The quantitative estimate of drug-likeness (QED) is 0.625. The number of ether oxygens (including phenoxy) is 1. The van der Waals surface area contributed by atoms with Gasteiger partial charge in [0, 0.05) is 19.5 Å². The number of nitrogens with zero attached hydrogens (tertiary/aromatic N) is 2. The van der Waals surface area contributed by atoms with Gasteiger partial charge < -0.3 is 19.9 Å². The average molecular weight is 449 g/mol. The molecule has 2 aliphatic rings. The third-order valence-corrected chi connectivity index (χ3v) is 7.75. The predicted octanol–water partition coefficient (Wildman–Crippen LogP) is 3.57. The minimum atomic E-state index is -3.65. The number of rotatable bonds is 7. The largest absolute Gasteiger partial charge is 0.446 e. The Morgan fingerprint density at radius 2 is 2.13 bits per heavy atom. The van der Waals surface area contributed by atoms with Crippen LogP contribution in [0.25, 0.3) is 0 Å². The fraction of sp³-hybridized carbons (Fsp3) is 0.400. The summed E-state index contributed by atoms with van der Waals surface area (Å²) in [5.74, 6) is 0.429. The third-order valence-electron chi connectivity index (χ3n) is 5.19. The van der Waals surface area contributed by atoms with Crippen LogP contribution in [-0.4, -0.2) is 41.7 Å². The highest BCUT2D eigenvalue weighted by Gasteiger charge is 2.37. The van der Waals surface area contributed by atoms with Crippen molar-refractivity contribution in [2.75, 3.05) is 20.2 Å². The summed E-state index contributed by atoms with van der Waals surface area (Å²) in [4.78, 5) is 22.3. The molecular formula is C20H24N3O5PS. The number of hydrazone groups is 1. The highest BCUT2D eigenvalue weighted by molar-refractivity contribution is 7.51. The number of primary amides is 1. The topological polar surface area (TPSA) is 114 Å². The summed E-state index contributed by atoms with van der Waals surface area (Å²) >= 11 is 1.25. The molecule has 160 valence electrons. The zero-order valence-corrected chi connectivity index (χ0v) is 18.5. The van der Waals surface area contributed by atoms with E-state index >= 15 is 0 Å². The van der Waals surface area contributed by atoms with Crippen molar-refractivity contribution in [2.24, 2.45) is 16.8 Å². The number of carbonyl (C=O) groups is 1. The molecule has 1 aliphatic carbocycles. The van der Waals surface area contributed by atoms with E-state index < -0.39 is 13.5 Å². The van der Waals surface area contributed by atoms with Gasteiger partial charge in [0.05, 0.1) is 28.9 Å². The number of benzene rings is 1. The molecule has 0 bridgehead atoms. The highest BCUT2D eigenvalue weighted by Crippen LogP contribution is 2.47. The monoisotopic (exact) mass is 449 g/mol. The summed E-state index contributed by atoms with van der Waals surface area (Å²) in [7, 11) is -1.71. The van der Waals surface area contributed by atoms with Gasteiger partial charge in [-0.1, -0.05) is 23.5 Å². The molecular weight excluding hydrogens is 425 g/mol. The first-order valence-electron chi connectivity index (χ1n) is 9.76. The van der Waals surface area contributed by atoms with E-state index in [4.69, 9.17) is 15.0 Å². The lowest BCUT2D eigenvalue weighted by Gasteiger charge is -2.20. The van der Waals surface area contributed by atoms with Crippen LogP contribution in [0.4, 0.5) is 0 Å². The van der Waals surface area contributed by atoms with Gasteiger partial charge in [0.2, 0.25) is 0 Å². The Bertz CT molecular complexity index is 1050. The van der Waals surface area contributed by atoms with Gasteiger partial charge in [-0.2, -0.15) is 5.10 Å². The van der Waals surface area contributed by atoms with E-state index in [9.17, 15) is 14.3 Å². The Labute approximate surface area is 178 Å². The van der Waals surface area contributed by atoms with Gasteiger partial charge in [-0.25, -0.2) is 0 Å². The van der Waals surface area contributed by atoms with Crippen LogP contribution in [0.1, 0.15) is 39.7 Å². The molecule has 1 aromatic carbocycles. The van der Waals surface area contributed by atoms with Crippen molar-refractivity contribution in [1.82, 2.24) is 5.01 Å². The van der Waals surface area contributed by atoms with E-state index in [1.165, 1.54) is 11.3 Å². The first-order valence-corrected chi connectivity index (χ1v) is 12.3. The molecule has 3 N–H and O–H groups in total. The van der Waals surface area contributed by atoms with Crippen LogP contribution in [0.3, 0.4) is 0 Å². The molecule has 0 radical (unpaired) electrons. The van der Waals surface area contributed by atoms with Crippen LogP contribution in [-0.2, 0) is 21.7 Å². The summed E-state index contributed by atoms with van der Waals surface area (Å²) in [5, 5.41) is 7.17. The van der Waals surface area contributed by atoms with Crippen LogP contribution in [0.2, 0.25) is 0 Å². The molecule has 1 amide bonds. The molecule has 0 saturated carbocycles. The first kappa shape index (κ1) is 21.1.